The van der Waals surface area contributed by atoms with E-state index in [1.807, 2.05) is 19.1 Å². The van der Waals surface area contributed by atoms with E-state index in [4.69, 9.17) is 10.5 Å². The molecule has 1 aromatic heterocycles. The number of aromatic nitrogens is 1. The maximum Gasteiger partial charge on any atom is 0.149 e. The number of nitrogen functional groups attached to an aromatic ring is 1. The fourth-order valence-corrected chi connectivity index (χ4v) is 1.99. The Kier molecular flexibility index (Phi) is 3.29. The number of hydrogen-bond acceptors (Lipinski definition) is 4. The van der Waals surface area contributed by atoms with Crippen molar-refractivity contribution in [2.45, 2.75) is 38.8 Å². The maximum absolute atomic E-state index is 5.87. The highest BCUT2D eigenvalue weighted by atomic mass is 16.5. The first kappa shape index (κ1) is 11.2. The van der Waals surface area contributed by atoms with E-state index in [9.17, 15) is 0 Å². The lowest BCUT2D eigenvalue weighted by Crippen LogP contribution is -2.30. The maximum atomic E-state index is 5.87. The Morgan fingerprint density at radius 2 is 2.38 bits per heavy atom. The first-order valence-corrected chi connectivity index (χ1v) is 5.78. The number of anilines is 2. The van der Waals surface area contributed by atoms with Gasteiger partial charge in [-0.2, -0.15) is 0 Å². The van der Waals surface area contributed by atoms with E-state index in [0.29, 0.717) is 5.69 Å². The molecule has 3 N–H and O–H groups in total. The van der Waals surface area contributed by atoms with Crippen molar-refractivity contribution < 1.29 is 4.74 Å². The van der Waals surface area contributed by atoms with E-state index in [2.05, 4.69) is 17.2 Å². The number of pyridine rings is 1. The van der Waals surface area contributed by atoms with Gasteiger partial charge in [-0.1, -0.05) is 0 Å². The van der Waals surface area contributed by atoms with Crippen molar-refractivity contribution in [3.05, 3.63) is 17.8 Å². The van der Waals surface area contributed by atoms with Gasteiger partial charge in [-0.15, -0.1) is 0 Å². The first-order chi connectivity index (χ1) is 7.66. The Morgan fingerprint density at radius 3 is 3.06 bits per heavy atom. The molecular weight excluding hydrogens is 202 g/mol. The van der Waals surface area contributed by atoms with Gasteiger partial charge in [0.25, 0.3) is 0 Å². The van der Waals surface area contributed by atoms with Crippen LogP contribution in [0, 0.1) is 6.92 Å². The van der Waals surface area contributed by atoms with E-state index in [1.54, 1.807) is 0 Å². The fourth-order valence-electron chi connectivity index (χ4n) is 1.99. The van der Waals surface area contributed by atoms with Gasteiger partial charge in [0.1, 0.15) is 5.82 Å². The normalized spacial score (nSPS) is 22.0. The predicted molar refractivity (Wildman–Crippen MR) is 65.4 cm³/mol. The fraction of sp³-hybridized carbons (Fsp3) is 0.583. The third-order valence-corrected chi connectivity index (χ3v) is 2.95. The van der Waals surface area contributed by atoms with Gasteiger partial charge >= 0.3 is 0 Å². The standard InChI is InChI=1S/C12H19N3O/c1-8-5-6-10(13)12(14-8)15-9(2)11-4-3-7-16-11/h5-6,9,11H,3-4,7,13H2,1-2H3,(H,14,15). The van der Waals surface area contributed by atoms with Crippen LogP contribution in [0.2, 0.25) is 0 Å². The SMILES string of the molecule is Cc1ccc(N)c(NC(C)C2CCCO2)n1. The molecule has 1 saturated heterocycles. The molecule has 0 amide bonds. The summed E-state index contributed by atoms with van der Waals surface area (Å²) in [5.41, 5.74) is 7.53. The van der Waals surface area contributed by atoms with Crippen LogP contribution in [0.3, 0.4) is 0 Å². The van der Waals surface area contributed by atoms with Gasteiger partial charge in [0.15, 0.2) is 0 Å². The molecule has 1 fully saturated rings. The highest BCUT2D eigenvalue weighted by Gasteiger charge is 2.22. The van der Waals surface area contributed by atoms with Crippen molar-refractivity contribution in [3.8, 4) is 0 Å². The molecule has 0 saturated carbocycles. The summed E-state index contributed by atoms with van der Waals surface area (Å²) < 4.78 is 5.63. The van der Waals surface area contributed by atoms with Crippen LogP contribution in [0.25, 0.3) is 0 Å². The molecule has 4 nitrogen and oxygen atoms in total. The number of nitrogens with two attached hydrogens (primary N) is 1. The summed E-state index contributed by atoms with van der Waals surface area (Å²) in [6, 6.07) is 4.04. The number of nitrogens with one attached hydrogen (secondary N) is 1. The number of rotatable bonds is 3. The lowest BCUT2D eigenvalue weighted by molar-refractivity contribution is 0.0996. The summed E-state index contributed by atoms with van der Waals surface area (Å²) in [5.74, 6) is 0.767. The summed E-state index contributed by atoms with van der Waals surface area (Å²) in [7, 11) is 0. The van der Waals surface area contributed by atoms with Crippen molar-refractivity contribution in [1.29, 1.82) is 0 Å². The minimum absolute atomic E-state index is 0.249. The van der Waals surface area contributed by atoms with Gasteiger partial charge in [-0.25, -0.2) is 4.98 Å². The molecule has 2 unspecified atom stereocenters. The van der Waals surface area contributed by atoms with Gasteiger partial charge < -0.3 is 15.8 Å². The van der Waals surface area contributed by atoms with Crippen LogP contribution in [-0.4, -0.2) is 23.7 Å². The molecule has 0 aliphatic carbocycles. The molecule has 16 heavy (non-hydrogen) atoms. The molecule has 2 rings (SSSR count). The van der Waals surface area contributed by atoms with Crippen LogP contribution in [-0.2, 0) is 4.74 Å². The van der Waals surface area contributed by atoms with Crippen LogP contribution in [0.1, 0.15) is 25.5 Å². The van der Waals surface area contributed by atoms with Crippen LogP contribution in [0.5, 0.6) is 0 Å². The second-order valence-corrected chi connectivity index (χ2v) is 4.37. The molecular formula is C12H19N3O. The van der Waals surface area contributed by atoms with E-state index in [1.165, 1.54) is 0 Å². The van der Waals surface area contributed by atoms with Crippen LogP contribution in [0.4, 0.5) is 11.5 Å². The highest BCUT2D eigenvalue weighted by Crippen LogP contribution is 2.21. The average Bonchev–Trinajstić information content (AvgIpc) is 2.76. The largest absolute Gasteiger partial charge is 0.396 e. The molecule has 2 atom stereocenters. The van der Waals surface area contributed by atoms with E-state index < -0.39 is 0 Å². The zero-order valence-corrected chi connectivity index (χ0v) is 9.86. The predicted octanol–water partition coefficient (Wildman–Crippen LogP) is 1.95. The third-order valence-electron chi connectivity index (χ3n) is 2.95. The van der Waals surface area contributed by atoms with Crippen molar-refractivity contribution in [3.63, 3.8) is 0 Å². The summed E-state index contributed by atoms with van der Waals surface area (Å²) in [6.45, 7) is 4.94. The molecule has 0 spiro atoms. The summed E-state index contributed by atoms with van der Waals surface area (Å²) in [4.78, 5) is 4.39. The number of hydrogen-bond donors (Lipinski definition) is 2. The molecule has 4 heteroatoms. The van der Waals surface area contributed by atoms with Gasteiger partial charge in [0, 0.05) is 12.3 Å². The molecule has 2 heterocycles. The van der Waals surface area contributed by atoms with Crippen molar-refractivity contribution in [2.75, 3.05) is 17.7 Å². The van der Waals surface area contributed by atoms with Crippen LogP contribution < -0.4 is 11.1 Å². The summed E-state index contributed by atoms with van der Waals surface area (Å²) >= 11 is 0. The second kappa shape index (κ2) is 4.70. The van der Waals surface area contributed by atoms with Gasteiger partial charge in [0.2, 0.25) is 0 Å². The Morgan fingerprint density at radius 1 is 1.56 bits per heavy atom. The second-order valence-electron chi connectivity index (χ2n) is 4.37. The first-order valence-electron chi connectivity index (χ1n) is 5.78. The average molecular weight is 221 g/mol. The Hall–Kier alpha value is -1.29. The number of nitrogens with zero attached hydrogens (tertiary/aromatic N) is 1. The van der Waals surface area contributed by atoms with Gasteiger partial charge in [-0.3, -0.25) is 0 Å². The molecule has 1 aromatic rings. The van der Waals surface area contributed by atoms with Gasteiger partial charge in [-0.05, 0) is 38.8 Å². The molecule has 1 aliphatic heterocycles. The summed E-state index contributed by atoms with van der Waals surface area (Å²) in [5, 5.41) is 3.33. The Bertz CT molecular complexity index is 361. The lowest BCUT2D eigenvalue weighted by Gasteiger charge is -2.21. The Labute approximate surface area is 96.2 Å². The molecule has 1 aliphatic rings. The van der Waals surface area contributed by atoms with Crippen molar-refractivity contribution >= 4 is 11.5 Å². The van der Waals surface area contributed by atoms with E-state index >= 15 is 0 Å². The lowest BCUT2D eigenvalue weighted by atomic mass is 10.1. The van der Waals surface area contributed by atoms with Crippen molar-refractivity contribution in [1.82, 2.24) is 4.98 Å². The Balaban J connectivity index is 2.04. The smallest absolute Gasteiger partial charge is 0.149 e. The highest BCUT2D eigenvalue weighted by molar-refractivity contribution is 5.61. The number of aryl methyl sites for hydroxylation is 1. The monoisotopic (exact) mass is 221 g/mol. The minimum atomic E-state index is 0.249. The van der Waals surface area contributed by atoms with Gasteiger partial charge in [0.05, 0.1) is 17.8 Å². The zero-order valence-electron chi connectivity index (χ0n) is 9.86. The number of ether oxygens (including phenoxy) is 1. The molecule has 0 aromatic carbocycles. The quantitative estimate of drug-likeness (QED) is 0.819. The summed E-state index contributed by atoms with van der Waals surface area (Å²) in [6.07, 6.45) is 2.54. The van der Waals surface area contributed by atoms with E-state index in [0.717, 1.165) is 31.0 Å². The van der Waals surface area contributed by atoms with Crippen molar-refractivity contribution in [2.24, 2.45) is 0 Å². The molecule has 0 radical (unpaired) electrons. The third kappa shape index (κ3) is 2.44. The topological polar surface area (TPSA) is 60.2 Å². The molecule has 88 valence electrons. The molecule has 0 bridgehead atoms. The van der Waals surface area contributed by atoms with Crippen LogP contribution >= 0.6 is 0 Å². The van der Waals surface area contributed by atoms with E-state index in [-0.39, 0.29) is 12.1 Å². The zero-order chi connectivity index (χ0) is 11.5. The van der Waals surface area contributed by atoms with Crippen LogP contribution in [0.15, 0.2) is 12.1 Å². The minimum Gasteiger partial charge on any atom is -0.396 e.